The Morgan fingerprint density at radius 1 is 1.16 bits per heavy atom. The number of aliphatic hydroxyl groups is 1. The van der Waals surface area contributed by atoms with Crippen LogP contribution in [-0.2, 0) is 4.79 Å². The predicted octanol–water partition coefficient (Wildman–Crippen LogP) is 4.04. The van der Waals surface area contributed by atoms with Gasteiger partial charge in [-0.15, -0.1) is 24.9 Å². The van der Waals surface area contributed by atoms with Crippen LogP contribution in [0, 0.1) is 6.92 Å². The first kappa shape index (κ1) is 17.6. The number of amides is 1. The van der Waals surface area contributed by atoms with E-state index in [0.29, 0.717) is 11.3 Å². The average Bonchev–Trinajstić information content (AvgIpc) is 2.64. The lowest BCUT2D eigenvalue weighted by Crippen LogP contribution is -2.30. The Morgan fingerprint density at radius 3 is 2.48 bits per heavy atom. The van der Waals surface area contributed by atoms with Gasteiger partial charge >= 0.3 is 6.36 Å². The molecule has 132 valence electrons. The zero-order valence-corrected chi connectivity index (χ0v) is 13.8. The molecule has 2 atom stereocenters. The second-order valence-corrected chi connectivity index (χ2v) is 6.77. The molecule has 1 aliphatic rings. The molecule has 4 nitrogen and oxygen atoms in total. The molecule has 8 heteroatoms. The van der Waals surface area contributed by atoms with Crippen molar-refractivity contribution >= 4 is 23.4 Å². The van der Waals surface area contributed by atoms with Gasteiger partial charge in [-0.3, -0.25) is 4.79 Å². The number of aryl methyl sites for hydroxylation is 1. The Labute approximate surface area is 146 Å². The highest BCUT2D eigenvalue weighted by Crippen LogP contribution is 2.44. The number of alkyl halides is 3. The summed E-state index contributed by atoms with van der Waals surface area (Å²) in [5.41, 5.74) is 2.11. The number of benzene rings is 2. The molecule has 0 bridgehead atoms. The number of carbonyl (C=O) groups excluding carboxylic acids is 1. The van der Waals surface area contributed by atoms with Crippen LogP contribution in [0.5, 0.6) is 5.75 Å². The number of ether oxygens (including phenoxy) is 1. The SMILES string of the molecule is Cc1ccc2c(c1)S[C@H](c1ccc(OC(F)(F)F)cc1)[C@H](O)C(=O)N2. The van der Waals surface area contributed by atoms with E-state index in [4.69, 9.17) is 0 Å². The van der Waals surface area contributed by atoms with Gasteiger partial charge in [0, 0.05) is 4.90 Å². The third-order valence-electron chi connectivity index (χ3n) is 3.65. The van der Waals surface area contributed by atoms with Crippen LogP contribution in [-0.4, -0.2) is 23.5 Å². The number of aliphatic hydroxyl groups excluding tert-OH is 1. The van der Waals surface area contributed by atoms with Crippen molar-refractivity contribution < 1.29 is 27.8 Å². The van der Waals surface area contributed by atoms with Gasteiger partial charge < -0.3 is 15.2 Å². The van der Waals surface area contributed by atoms with Gasteiger partial charge in [-0.05, 0) is 42.3 Å². The number of thioether (sulfide) groups is 1. The number of carbonyl (C=O) groups is 1. The smallest absolute Gasteiger partial charge is 0.406 e. The van der Waals surface area contributed by atoms with Crippen molar-refractivity contribution in [3.63, 3.8) is 0 Å². The molecule has 0 unspecified atom stereocenters. The molecule has 2 aromatic rings. The van der Waals surface area contributed by atoms with Crippen molar-refractivity contribution in [2.45, 2.75) is 29.5 Å². The molecule has 0 radical (unpaired) electrons. The zero-order chi connectivity index (χ0) is 18.2. The molecule has 0 aromatic heterocycles. The second-order valence-electron chi connectivity index (χ2n) is 5.59. The summed E-state index contributed by atoms with van der Waals surface area (Å²) in [6, 6.07) is 10.6. The highest BCUT2D eigenvalue weighted by Gasteiger charge is 2.34. The normalized spacial score (nSPS) is 20.4. The molecule has 0 aliphatic carbocycles. The van der Waals surface area contributed by atoms with Crippen LogP contribution in [0.2, 0.25) is 0 Å². The molecule has 25 heavy (non-hydrogen) atoms. The summed E-state index contributed by atoms with van der Waals surface area (Å²) >= 11 is 1.28. The van der Waals surface area contributed by atoms with Gasteiger partial charge in [-0.25, -0.2) is 0 Å². The van der Waals surface area contributed by atoms with Gasteiger partial charge in [-0.2, -0.15) is 0 Å². The molecule has 0 saturated carbocycles. The van der Waals surface area contributed by atoms with Gasteiger partial charge in [0.05, 0.1) is 10.9 Å². The van der Waals surface area contributed by atoms with E-state index in [9.17, 15) is 23.1 Å². The van der Waals surface area contributed by atoms with Crippen molar-refractivity contribution in [1.82, 2.24) is 0 Å². The first-order valence-electron chi connectivity index (χ1n) is 7.35. The minimum atomic E-state index is -4.77. The summed E-state index contributed by atoms with van der Waals surface area (Å²) in [7, 11) is 0. The summed E-state index contributed by atoms with van der Waals surface area (Å²) in [4.78, 5) is 12.9. The van der Waals surface area contributed by atoms with Crippen LogP contribution in [0.3, 0.4) is 0 Å². The fourth-order valence-electron chi connectivity index (χ4n) is 2.49. The van der Waals surface area contributed by atoms with Gasteiger partial charge in [-0.1, -0.05) is 18.2 Å². The minimum Gasteiger partial charge on any atom is -0.406 e. The third kappa shape index (κ3) is 4.08. The first-order chi connectivity index (χ1) is 11.7. The maximum absolute atomic E-state index is 12.2. The molecule has 1 aliphatic heterocycles. The fraction of sp³-hybridized carbons (Fsp3) is 0.235. The molecule has 2 N–H and O–H groups in total. The summed E-state index contributed by atoms with van der Waals surface area (Å²) in [6.07, 6.45) is -6.11. The Morgan fingerprint density at radius 2 is 1.84 bits per heavy atom. The van der Waals surface area contributed by atoms with Crippen LogP contribution in [0.1, 0.15) is 16.4 Å². The predicted molar refractivity (Wildman–Crippen MR) is 87.5 cm³/mol. The lowest BCUT2D eigenvalue weighted by molar-refractivity contribution is -0.274. The van der Waals surface area contributed by atoms with Crippen LogP contribution in [0.15, 0.2) is 47.4 Å². The van der Waals surface area contributed by atoms with Crippen molar-refractivity contribution in [1.29, 1.82) is 0 Å². The van der Waals surface area contributed by atoms with Crippen LogP contribution >= 0.6 is 11.8 Å². The minimum absolute atomic E-state index is 0.356. The van der Waals surface area contributed by atoms with Crippen LogP contribution < -0.4 is 10.1 Å². The van der Waals surface area contributed by atoms with Crippen molar-refractivity contribution in [2.75, 3.05) is 5.32 Å². The van der Waals surface area contributed by atoms with Crippen LogP contribution in [0.4, 0.5) is 18.9 Å². The molecular formula is C17H14F3NO3S. The molecule has 2 aromatic carbocycles. The molecule has 3 rings (SSSR count). The van der Waals surface area contributed by atoms with Gasteiger partial charge in [0.2, 0.25) is 0 Å². The summed E-state index contributed by atoms with van der Waals surface area (Å²) in [6.45, 7) is 1.91. The fourth-order valence-corrected chi connectivity index (χ4v) is 3.80. The largest absolute Gasteiger partial charge is 0.573 e. The summed E-state index contributed by atoms with van der Waals surface area (Å²) in [5.74, 6) is -0.916. The Kier molecular flexibility index (Phi) is 4.66. The summed E-state index contributed by atoms with van der Waals surface area (Å²) in [5, 5.41) is 12.3. The number of hydrogen-bond acceptors (Lipinski definition) is 4. The second kappa shape index (κ2) is 6.61. The zero-order valence-electron chi connectivity index (χ0n) is 13.0. The first-order valence-corrected chi connectivity index (χ1v) is 8.23. The number of nitrogens with one attached hydrogen (secondary N) is 1. The third-order valence-corrected chi connectivity index (χ3v) is 5.02. The maximum Gasteiger partial charge on any atom is 0.573 e. The van der Waals surface area contributed by atoms with E-state index in [1.165, 1.54) is 23.9 Å². The van der Waals surface area contributed by atoms with Crippen LogP contribution in [0.25, 0.3) is 0 Å². The standard InChI is InChI=1S/C17H14F3NO3S/c1-9-2-7-12-13(8-9)25-15(14(22)16(23)21-12)10-3-5-11(6-4-10)24-17(18,19)20/h2-8,14-15,22H,1H3,(H,21,23)/t14-,15+/m0/s1. The number of hydrogen-bond donors (Lipinski definition) is 2. The highest BCUT2D eigenvalue weighted by atomic mass is 32.2. The lowest BCUT2D eigenvalue weighted by atomic mass is 10.1. The number of rotatable bonds is 2. The van der Waals surface area contributed by atoms with Gasteiger partial charge in [0.25, 0.3) is 5.91 Å². The topological polar surface area (TPSA) is 58.6 Å². The Hall–Kier alpha value is -2.19. The Bertz CT molecular complexity index is 793. The van der Waals surface area contributed by atoms with Gasteiger partial charge in [0.15, 0.2) is 0 Å². The molecule has 0 fully saturated rings. The lowest BCUT2D eigenvalue weighted by Gasteiger charge is -2.19. The summed E-state index contributed by atoms with van der Waals surface area (Å²) < 4.78 is 40.6. The molecule has 1 heterocycles. The maximum atomic E-state index is 12.2. The van der Waals surface area contributed by atoms with E-state index in [1.54, 1.807) is 6.07 Å². The molecule has 0 spiro atoms. The number of fused-ring (bicyclic) bond motifs is 1. The van der Waals surface area contributed by atoms with E-state index in [2.05, 4.69) is 10.1 Å². The van der Waals surface area contributed by atoms with E-state index in [1.807, 2.05) is 19.1 Å². The highest BCUT2D eigenvalue weighted by molar-refractivity contribution is 7.99. The van der Waals surface area contributed by atoms with Gasteiger partial charge in [0.1, 0.15) is 11.9 Å². The molecular weight excluding hydrogens is 355 g/mol. The van der Waals surface area contributed by atoms with Crippen molar-refractivity contribution in [3.05, 3.63) is 53.6 Å². The molecule has 0 saturated heterocycles. The average molecular weight is 369 g/mol. The Balaban J connectivity index is 1.91. The van der Waals surface area contributed by atoms with E-state index in [-0.39, 0.29) is 5.75 Å². The van der Waals surface area contributed by atoms with E-state index < -0.39 is 23.6 Å². The van der Waals surface area contributed by atoms with Crippen molar-refractivity contribution in [3.8, 4) is 5.75 Å². The van der Waals surface area contributed by atoms with Crippen molar-refractivity contribution in [2.24, 2.45) is 0 Å². The number of halogens is 3. The van der Waals surface area contributed by atoms with E-state index in [0.717, 1.165) is 22.6 Å². The van der Waals surface area contributed by atoms with E-state index >= 15 is 0 Å². The quantitative estimate of drug-likeness (QED) is 0.839. The number of anilines is 1. The molecule has 1 amide bonds. The monoisotopic (exact) mass is 369 g/mol.